The largest absolute Gasteiger partial charge is 0.367 e. The van der Waals surface area contributed by atoms with Crippen LogP contribution in [0.2, 0.25) is 0 Å². The van der Waals surface area contributed by atoms with Crippen LogP contribution < -0.4 is 28.9 Å². The van der Waals surface area contributed by atoms with Crippen molar-refractivity contribution in [1.29, 1.82) is 10.8 Å². The monoisotopic (exact) mass is 232 g/mol. The normalized spacial score (nSPS) is 9.12. The molecule has 0 aromatic carbocycles. The maximum Gasteiger partial charge on any atom is 0.352 e. The van der Waals surface area contributed by atoms with E-state index in [0.717, 1.165) is 0 Å². The molecular formula is C4H12N10O2. The van der Waals surface area contributed by atoms with Crippen molar-refractivity contribution in [2.75, 3.05) is 0 Å². The Balaban J connectivity index is 5.20. The Bertz CT molecular complexity index is 318. The molecule has 0 rings (SSSR count). The Labute approximate surface area is 89.4 Å². The molecule has 0 heterocycles. The molecule has 0 bridgehead atoms. The maximum atomic E-state index is 11.2. The van der Waals surface area contributed by atoms with Crippen molar-refractivity contribution in [2.24, 2.45) is 28.9 Å². The number of rotatable bonds is 0. The van der Waals surface area contributed by atoms with Gasteiger partial charge in [-0.25, -0.2) is 11.7 Å². The van der Waals surface area contributed by atoms with Gasteiger partial charge < -0.3 is 17.2 Å². The fraction of sp³-hybridized carbons (Fsp3) is 0. The summed E-state index contributed by atoms with van der Waals surface area (Å²) in [4.78, 5) is 21.9. The average molecular weight is 232 g/mol. The third kappa shape index (κ3) is 2.69. The van der Waals surface area contributed by atoms with Crippen LogP contribution in [0.5, 0.6) is 0 Å². The number of carbonyl (C=O) groups excluding carboxylic acids is 2. The molecule has 12 nitrogen and oxygen atoms in total. The molecule has 2 amide bonds. The first kappa shape index (κ1) is 13.4. The summed E-state index contributed by atoms with van der Waals surface area (Å²) in [7, 11) is 0. The number of nitrogens with two attached hydrogens (primary N) is 5. The zero-order chi connectivity index (χ0) is 13.0. The number of nitrogens with zero attached hydrogens (tertiary/aromatic N) is 3. The molecule has 0 aliphatic rings. The van der Waals surface area contributed by atoms with Gasteiger partial charge >= 0.3 is 11.8 Å². The highest BCUT2D eigenvalue weighted by Crippen LogP contribution is 1.95. The van der Waals surface area contributed by atoms with Crippen LogP contribution in [0.15, 0.2) is 0 Å². The lowest BCUT2D eigenvalue weighted by Gasteiger charge is -2.34. The van der Waals surface area contributed by atoms with Crippen molar-refractivity contribution in [3.63, 3.8) is 0 Å². The minimum Gasteiger partial charge on any atom is -0.367 e. The molecule has 16 heavy (non-hydrogen) atoms. The van der Waals surface area contributed by atoms with E-state index in [1.54, 1.807) is 0 Å². The van der Waals surface area contributed by atoms with Gasteiger partial charge in [0.15, 0.2) is 0 Å². The highest BCUT2D eigenvalue weighted by molar-refractivity contribution is 6.34. The van der Waals surface area contributed by atoms with Gasteiger partial charge in [0.2, 0.25) is 11.9 Å². The molecule has 0 fully saturated rings. The van der Waals surface area contributed by atoms with Gasteiger partial charge in [-0.05, 0) is 0 Å². The molecule has 0 radical (unpaired) electrons. The zero-order valence-electron chi connectivity index (χ0n) is 8.04. The highest BCUT2D eigenvalue weighted by atomic mass is 16.2. The van der Waals surface area contributed by atoms with Gasteiger partial charge in [-0.1, -0.05) is 0 Å². The van der Waals surface area contributed by atoms with E-state index in [-0.39, 0.29) is 15.4 Å². The summed E-state index contributed by atoms with van der Waals surface area (Å²) in [6.07, 6.45) is 0. The molecule has 12 heteroatoms. The second-order valence-electron chi connectivity index (χ2n) is 2.42. The van der Waals surface area contributed by atoms with Crippen molar-refractivity contribution >= 4 is 23.7 Å². The predicted octanol–water partition coefficient (Wildman–Crippen LogP) is -4.73. The summed E-state index contributed by atoms with van der Waals surface area (Å²) < 4.78 is 0. The van der Waals surface area contributed by atoms with Gasteiger partial charge in [0.05, 0.1) is 0 Å². The predicted molar refractivity (Wildman–Crippen MR) is 51.9 cm³/mol. The molecular weight excluding hydrogens is 220 g/mol. The van der Waals surface area contributed by atoms with Crippen molar-refractivity contribution in [3.05, 3.63) is 0 Å². The third-order valence-electron chi connectivity index (χ3n) is 1.29. The van der Waals surface area contributed by atoms with Crippen LogP contribution in [-0.2, 0) is 9.59 Å². The topological polar surface area (TPSA) is 222 Å². The number of primary amides is 1. The number of nitrogens with one attached hydrogen (secondary N) is 2. The van der Waals surface area contributed by atoms with Crippen LogP contribution in [0.1, 0.15) is 0 Å². The van der Waals surface area contributed by atoms with Gasteiger partial charge in [0.1, 0.15) is 0 Å². The molecule has 0 saturated heterocycles. The standard InChI is InChI=1S/C4H12N10O2/c5-1(15)2(16)14(12(10)3(6)7)13(11)4(8)9/h10-11H2,(H2,5,15)(H3,6,7)(H3,8,9). The van der Waals surface area contributed by atoms with E-state index < -0.39 is 23.7 Å². The number of amides is 2. The van der Waals surface area contributed by atoms with Crippen molar-refractivity contribution < 1.29 is 9.59 Å². The molecule has 0 atom stereocenters. The van der Waals surface area contributed by atoms with Crippen LogP contribution in [0, 0.1) is 10.8 Å². The minimum absolute atomic E-state index is 0.132. The molecule has 0 spiro atoms. The number of guanidine groups is 2. The first-order chi connectivity index (χ1) is 7.20. The first-order valence-electron chi connectivity index (χ1n) is 3.61. The van der Waals surface area contributed by atoms with E-state index in [1.807, 2.05) is 0 Å². The third-order valence-corrected chi connectivity index (χ3v) is 1.29. The SMILES string of the molecule is N=C(N)N(N)N(C(=O)C(N)=O)N(N)C(=N)N. The summed E-state index contributed by atoms with van der Waals surface area (Å²) in [5.41, 5.74) is 14.6. The van der Waals surface area contributed by atoms with Crippen LogP contribution in [0.3, 0.4) is 0 Å². The summed E-state index contributed by atoms with van der Waals surface area (Å²) >= 11 is 0. The Morgan fingerprint density at radius 2 is 1.19 bits per heavy atom. The zero-order valence-corrected chi connectivity index (χ0v) is 8.04. The molecule has 0 aliphatic carbocycles. The maximum absolute atomic E-state index is 11.2. The van der Waals surface area contributed by atoms with E-state index in [4.69, 9.17) is 39.7 Å². The lowest BCUT2D eigenvalue weighted by molar-refractivity contribution is -0.174. The lowest BCUT2D eigenvalue weighted by atomic mass is 10.6. The van der Waals surface area contributed by atoms with E-state index >= 15 is 0 Å². The Morgan fingerprint density at radius 3 is 1.38 bits per heavy atom. The number of hydrogen-bond acceptors (Lipinski definition) is 6. The molecule has 0 aromatic heterocycles. The van der Waals surface area contributed by atoms with E-state index in [2.05, 4.69) is 0 Å². The fourth-order valence-electron chi connectivity index (χ4n) is 0.602. The Kier molecular flexibility index (Phi) is 3.99. The van der Waals surface area contributed by atoms with Gasteiger partial charge in [0.25, 0.3) is 0 Å². The highest BCUT2D eigenvalue weighted by Gasteiger charge is 2.30. The van der Waals surface area contributed by atoms with Crippen LogP contribution in [0.25, 0.3) is 0 Å². The second-order valence-corrected chi connectivity index (χ2v) is 2.42. The number of hydrazine groups is 4. The summed E-state index contributed by atoms with van der Waals surface area (Å²) in [5.74, 6) is 5.79. The summed E-state index contributed by atoms with van der Waals surface area (Å²) in [6.45, 7) is 0. The van der Waals surface area contributed by atoms with Gasteiger partial charge in [-0.2, -0.15) is 10.2 Å². The van der Waals surface area contributed by atoms with Crippen molar-refractivity contribution in [3.8, 4) is 0 Å². The molecule has 0 saturated carbocycles. The summed E-state index contributed by atoms with van der Waals surface area (Å²) in [5, 5.41) is 14.4. The quantitative estimate of drug-likeness (QED) is 0.0703. The van der Waals surface area contributed by atoms with E-state index in [1.165, 1.54) is 0 Å². The molecule has 0 unspecified atom stereocenters. The van der Waals surface area contributed by atoms with Crippen LogP contribution in [0.4, 0.5) is 0 Å². The number of carbonyl (C=O) groups is 2. The molecule has 0 aromatic rings. The Morgan fingerprint density at radius 1 is 0.875 bits per heavy atom. The smallest absolute Gasteiger partial charge is 0.352 e. The van der Waals surface area contributed by atoms with E-state index in [9.17, 15) is 9.59 Å². The summed E-state index contributed by atoms with van der Waals surface area (Å²) in [6, 6.07) is 0. The first-order valence-corrected chi connectivity index (χ1v) is 3.61. The second kappa shape index (κ2) is 4.76. The average Bonchev–Trinajstić information content (AvgIpc) is 2.16. The lowest BCUT2D eigenvalue weighted by Crippen LogP contribution is -2.68. The van der Waals surface area contributed by atoms with Crippen molar-refractivity contribution in [1.82, 2.24) is 15.4 Å². The van der Waals surface area contributed by atoms with Gasteiger partial charge in [-0.3, -0.25) is 20.4 Å². The number of hydrogen-bond donors (Lipinski definition) is 7. The van der Waals surface area contributed by atoms with Gasteiger partial charge in [-0.15, -0.1) is 5.12 Å². The van der Waals surface area contributed by atoms with Crippen LogP contribution >= 0.6 is 0 Å². The molecule has 0 aliphatic heterocycles. The molecule has 12 N–H and O–H groups in total. The van der Waals surface area contributed by atoms with E-state index in [0.29, 0.717) is 0 Å². The minimum atomic E-state index is -1.42. The van der Waals surface area contributed by atoms with Crippen molar-refractivity contribution in [2.45, 2.75) is 0 Å². The van der Waals surface area contributed by atoms with Gasteiger partial charge in [0, 0.05) is 0 Å². The molecule has 90 valence electrons. The fourth-order valence-corrected chi connectivity index (χ4v) is 0.602. The Hall–Kier alpha value is -2.60. The van der Waals surface area contributed by atoms with Crippen LogP contribution in [-0.4, -0.2) is 39.1 Å².